The molecule has 1 aliphatic rings. The number of carbonyl (C=O) groups excluding carboxylic acids is 1. The van der Waals surface area contributed by atoms with E-state index in [9.17, 15) is 4.79 Å². The third-order valence-electron chi connectivity index (χ3n) is 3.58. The predicted octanol–water partition coefficient (Wildman–Crippen LogP) is 3.98. The van der Waals surface area contributed by atoms with Crippen molar-refractivity contribution in [1.29, 1.82) is 0 Å². The molecule has 0 spiro atoms. The highest BCUT2D eigenvalue weighted by molar-refractivity contribution is 9.10. The zero-order valence-electron chi connectivity index (χ0n) is 11.2. The lowest BCUT2D eigenvalue weighted by atomic mass is 9.98. The average Bonchev–Trinajstić information content (AvgIpc) is 2.92. The van der Waals surface area contributed by atoms with E-state index >= 15 is 0 Å². The molecule has 0 amide bonds. The number of halogens is 1. The first-order valence-electron chi connectivity index (χ1n) is 6.89. The molecule has 19 heavy (non-hydrogen) atoms. The van der Waals surface area contributed by atoms with Crippen LogP contribution in [0.2, 0.25) is 0 Å². The van der Waals surface area contributed by atoms with Gasteiger partial charge in [-0.1, -0.05) is 28.8 Å². The Balaban J connectivity index is 2.08. The van der Waals surface area contributed by atoms with Gasteiger partial charge in [0.25, 0.3) is 0 Å². The van der Waals surface area contributed by atoms with Crippen LogP contribution in [0.4, 0.5) is 5.69 Å². The van der Waals surface area contributed by atoms with Gasteiger partial charge in [-0.15, -0.1) is 0 Å². The van der Waals surface area contributed by atoms with Gasteiger partial charge in [-0.05, 0) is 49.9 Å². The summed E-state index contributed by atoms with van der Waals surface area (Å²) in [5.41, 5.74) is 0.966. The van der Waals surface area contributed by atoms with E-state index in [0.29, 0.717) is 12.5 Å². The van der Waals surface area contributed by atoms with Crippen molar-refractivity contribution in [3.8, 4) is 0 Å². The fourth-order valence-corrected chi connectivity index (χ4v) is 2.88. The van der Waals surface area contributed by atoms with E-state index in [4.69, 9.17) is 4.74 Å². The monoisotopic (exact) mass is 325 g/mol. The van der Waals surface area contributed by atoms with Crippen LogP contribution in [-0.4, -0.2) is 18.6 Å². The minimum atomic E-state index is -0.219. The molecule has 0 aromatic heterocycles. The van der Waals surface area contributed by atoms with Crippen molar-refractivity contribution in [2.45, 2.75) is 38.6 Å². The van der Waals surface area contributed by atoms with Crippen molar-refractivity contribution in [1.82, 2.24) is 0 Å². The summed E-state index contributed by atoms with van der Waals surface area (Å²) < 4.78 is 6.24. The Morgan fingerprint density at radius 3 is 2.58 bits per heavy atom. The number of hydrogen-bond donors (Lipinski definition) is 1. The van der Waals surface area contributed by atoms with Gasteiger partial charge in [-0.25, -0.2) is 4.79 Å². The van der Waals surface area contributed by atoms with Gasteiger partial charge in [0, 0.05) is 10.2 Å². The fourth-order valence-electron chi connectivity index (χ4n) is 2.62. The summed E-state index contributed by atoms with van der Waals surface area (Å²) in [6, 6.07) is 7.68. The van der Waals surface area contributed by atoms with Gasteiger partial charge in [0.2, 0.25) is 0 Å². The number of nitrogens with one attached hydrogen (secondary N) is 1. The topological polar surface area (TPSA) is 38.3 Å². The lowest BCUT2D eigenvalue weighted by Crippen LogP contribution is -2.37. The Bertz CT molecular complexity index is 413. The van der Waals surface area contributed by atoms with Gasteiger partial charge in [-0.3, -0.25) is 0 Å². The largest absolute Gasteiger partial charge is 0.464 e. The van der Waals surface area contributed by atoms with Crippen LogP contribution < -0.4 is 5.32 Å². The van der Waals surface area contributed by atoms with Gasteiger partial charge >= 0.3 is 5.97 Å². The molecule has 0 heterocycles. The van der Waals surface area contributed by atoms with Crippen LogP contribution in [0.5, 0.6) is 0 Å². The van der Waals surface area contributed by atoms with Crippen LogP contribution in [0.3, 0.4) is 0 Å². The van der Waals surface area contributed by atoms with Crippen LogP contribution in [0.15, 0.2) is 28.7 Å². The van der Waals surface area contributed by atoms with Gasteiger partial charge in [0.05, 0.1) is 6.61 Å². The lowest BCUT2D eigenvalue weighted by molar-refractivity contribution is -0.145. The fraction of sp³-hybridized carbons (Fsp3) is 0.533. The van der Waals surface area contributed by atoms with Crippen LogP contribution in [0.25, 0.3) is 0 Å². The second kappa shape index (κ2) is 6.94. The number of rotatable bonds is 5. The van der Waals surface area contributed by atoms with E-state index in [1.165, 1.54) is 12.8 Å². The molecule has 0 aliphatic heterocycles. The average molecular weight is 326 g/mol. The van der Waals surface area contributed by atoms with Gasteiger partial charge in [0.15, 0.2) is 0 Å². The number of hydrogen-bond acceptors (Lipinski definition) is 3. The third kappa shape index (κ3) is 3.96. The highest BCUT2D eigenvalue weighted by Crippen LogP contribution is 2.30. The summed E-state index contributed by atoms with van der Waals surface area (Å²) in [6.45, 7) is 2.29. The Morgan fingerprint density at radius 2 is 2.00 bits per heavy atom. The van der Waals surface area contributed by atoms with E-state index in [2.05, 4.69) is 21.2 Å². The number of carbonyl (C=O) groups is 1. The highest BCUT2D eigenvalue weighted by Gasteiger charge is 2.31. The predicted molar refractivity (Wildman–Crippen MR) is 80.1 cm³/mol. The van der Waals surface area contributed by atoms with Crippen LogP contribution >= 0.6 is 15.9 Å². The molecule has 4 heteroatoms. The van der Waals surface area contributed by atoms with Crippen molar-refractivity contribution in [3.63, 3.8) is 0 Å². The molecule has 1 aliphatic carbocycles. The molecule has 1 saturated carbocycles. The molecule has 1 aromatic carbocycles. The molecule has 0 radical (unpaired) electrons. The molecule has 2 rings (SSSR count). The van der Waals surface area contributed by atoms with Gasteiger partial charge in [-0.2, -0.15) is 0 Å². The Morgan fingerprint density at radius 1 is 1.37 bits per heavy atom. The first kappa shape index (κ1) is 14.4. The lowest BCUT2D eigenvalue weighted by Gasteiger charge is -2.23. The standard InChI is InChI=1S/C15H20BrNO2/c1-2-19-15(18)14(11-5-3-4-6-11)17-13-9-7-12(16)8-10-13/h7-11,14,17H,2-6H2,1H3. The summed E-state index contributed by atoms with van der Waals surface area (Å²) in [5, 5.41) is 3.34. The van der Waals surface area contributed by atoms with E-state index in [0.717, 1.165) is 23.0 Å². The van der Waals surface area contributed by atoms with Crippen LogP contribution in [0, 0.1) is 5.92 Å². The molecule has 3 nitrogen and oxygen atoms in total. The SMILES string of the molecule is CCOC(=O)C(Nc1ccc(Br)cc1)C1CCCC1. The maximum atomic E-state index is 12.1. The number of ether oxygens (including phenoxy) is 1. The van der Waals surface area contributed by atoms with E-state index in [1.807, 2.05) is 31.2 Å². The highest BCUT2D eigenvalue weighted by atomic mass is 79.9. The molecule has 1 unspecified atom stereocenters. The van der Waals surface area contributed by atoms with E-state index in [1.54, 1.807) is 0 Å². The first-order chi connectivity index (χ1) is 9.20. The number of esters is 1. The zero-order chi connectivity index (χ0) is 13.7. The van der Waals surface area contributed by atoms with E-state index in [-0.39, 0.29) is 12.0 Å². The number of benzene rings is 1. The van der Waals surface area contributed by atoms with Crippen molar-refractivity contribution >= 4 is 27.6 Å². The van der Waals surface area contributed by atoms with Crippen LogP contribution in [-0.2, 0) is 9.53 Å². The maximum Gasteiger partial charge on any atom is 0.328 e. The molecule has 104 valence electrons. The van der Waals surface area contributed by atoms with Crippen molar-refractivity contribution in [2.24, 2.45) is 5.92 Å². The minimum absolute atomic E-state index is 0.127. The maximum absolute atomic E-state index is 12.1. The molecular formula is C15H20BrNO2. The summed E-state index contributed by atoms with van der Waals surface area (Å²) in [4.78, 5) is 12.1. The molecular weight excluding hydrogens is 306 g/mol. The molecule has 1 fully saturated rings. The molecule has 0 saturated heterocycles. The molecule has 0 bridgehead atoms. The quantitative estimate of drug-likeness (QED) is 0.832. The van der Waals surface area contributed by atoms with Gasteiger partial charge < -0.3 is 10.1 Å². The van der Waals surface area contributed by atoms with Crippen LogP contribution in [0.1, 0.15) is 32.6 Å². The summed E-state index contributed by atoms with van der Waals surface area (Å²) in [7, 11) is 0. The number of anilines is 1. The summed E-state index contributed by atoms with van der Waals surface area (Å²) in [6.07, 6.45) is 4.63. The van der Waals surface area contributed by atoms with Crippen molar-refractivity contribution in [2.75, 3.05) is 11.9 Å². The normalized spacial score (nSPS) is 17.2. The Hall–Kier alpha value is -1.03. The van der Waals surface area contributed by atoms with Crippen molar-refractivity contribution in [3.05, 3.63) is 28.7 Å². The molecule has 1 atom stereocenters. The zero-order valence-corrected chi connectivity index (χ0v) is 12.8. The minimum Gasteiger partial charge on any atom is -0.464 e. The Labute approximate surface area is 122 Å². The van der Waals surface area contributed by atoms with E-state index < -0.39 is 0 Å². The second-order valence-electron chi connectivity index (χ2n) is 4.93. The molecule has 1 N–H and O–H groups in total. The van der Waals surface area contributed by atoms with Gasteiger partial charge in [0.1, 0.15) is 6.04 Å². The summed E-state index contributed by atoms with van der Waals surface area (Å²) >= 11 is 3.41. The molecule has 1 aromatic rings. The summed E-state index contributed by atoms with van der Waals surface area (Å²) in [5.74, 6) is 0.264. The third-order valence-corrected chi connectivity index (χ3v) is 4.11. The van der Waals surface area contributed by atoms with Crippen molar-refractivity contribution < 1.29 is 9.53 Å². The Kier molecular flexibility index (Phi) is 5.25. The first-order valence-corrected chi connectivity index (χ1v) is 7.68. The second-order valence-corrected chi connectivity index (χ2v) is 5.84. The smallest absolute Gasteiger partial charge is 0.328 e.